The topological polar surface area (TPSA) is 20.7 Å². The molecule has 0 fully saturated rings. The Kier molecular flexibility index (Phi) is 3.41. The Hall–Kier alpha value is -1.60. The Morgan fingerprint density at radius 2 is 1.67 bits per heavy atom. The van der Waals surface area contributed by atoms with Gasteiger partial charge in [-0.05, 0) is 49.0 Å². The number of rotatable bonds is 1. The van der Waals surface area contributed by atoms with Crippen molar-refractivity contribution >= 4 is 39.2 Å². The molecule has 108 valence electrons. The lowest BCUT2D eigenvalue weighted by molar-refractivity contribution is 0.569. The van der Waals surface area contributed by atoms with Crippen LogP contribution in [0, 0.1) is 29.1 Å². The summed E-state index contributed by atoms with van der Waals surface area (Å²) in [6.45, 7) is 1.57. The molecule has 0 bridgehead atoms. The number of fused-ring (bicyclic) bond motifs is 1. The van der Waals surface area contributed by atoms with Crippen LogP contribution in [0.25, 0.3) is 16.7 Å². The summed E-state index contributed by atoms with van der Waals surface area (Å²) >= 11 is 8.14. The van der Waals surface area contributed by atoms with Crippen LogP contribution in [-0.2, 0) is 0 Å². The molecule has 2 aromatic carbocycles. The minimum Gasteiger partial charge on any atom is -0.330 e. The maximum Gasteiger partial charge on any atom is 0.182 e. The van der Waals surface area contributed by atoms with Crippen molar-refractivity contribution < 1.29 is 13.2 Å². The molecule has 3 aromatic rings. The van der Waals surface area contributed by atoms with Gasteiger partial charge in [0.1, 0.15) is 11.5 Å². The van der Waals surface area contributed by atoms with E-state index in [2.05, 4.69) is 20.9 Å². The Balaban J connectivity index is 2.44. The summed E-state index contributed by atoms with van der Waals surface area (Å²) in [5.41, 5.74) is 0.868. The molecule has 1 heterocycles. The summed E-state index contributed by atoms with van der Waals surface area (Å²) in [7, 11) is 0. The monoisotopic (exact) mass is 372 g/mol. The molecule has 0 amide bonds. The molecule has 21 heavy (non-hydrogen) atoms. The first-order chi connectivity index (χ1) is 9.88. The molecule has 0 aliphatic rings. The van der Waals surface area contributed by atoms with E-state index < -0.39 is 17.5 Å². The number of hydrogen-bond donors (Lipinski definition) is 1. The van der Waals surface area contributed by atoms with Crippen molar-refractivity contribution in [3.63, 3.8) is 0 Å². The zero-order valence-electron chi connectivity index (χ0n) is 10.7. The van der Waals surface area contributed by atoms with Crippen LogP contribution in [0.3, 0.4) is 0 Å². The first kappa shape index (κ1) is 14.3. The lowest BCUT2D eigenvalue weighted by Crippen LogP contribution is -2.02. The second kappa shape index (κ2) is 4.99. The third-order valence-corrected chi connectivity index (χ3v) is 3.91. The van der Waals surface area contributed by atoms with Crippen LogP contribution >= 0.6 is 28.1 Å². The van der Waals surface area contributed by atoms with Gasteiger partial charge < -0.3 is 4.98 Å². The molecule has 0 saturated carbocycles. The Morgan fingerprint density at radius 1 is 1.05 bits per heavy atom. The summed E-state index contributed by atoms with van der Waals surface area (Å²) in [5, 5.41) is 0. The minimum atomic E-state index is -0.763. The molecule has 0 saturated heterocycles. The molecule has 0 radical (unpaired) electrons. The van der Waals surface area contributed by atoms with Gasteiger partial charge in [-0.15, -0.1) is 0 Å². The lowest BCUT2D eigenvalue weighted by atomic mass is 10.2. The first-order valence-corrected chi connectivity index (χ1v) is 7.14. The molecule has 1 aromatic heterocycles. The van der Waals surface area contributed by atoms with E-state index in [9.17, 15) is 13.2 Å². The quantitative estimate of drug-likeness (QED) is 0.584. The number of aromatic amines is 1. The van der Waals surface area contributed by atoms with Gasteiger partial charge in [-0.3, -0.25) is 4.57 Å². The van der Waals surface area contributed by atoms with Crippen LogP contribution in [0.15, 0.2) is 28.7 Å². The normalized spacial score (nSPS) is 11.3. The van der Waals surface area contributed by atoms with E-state index in [1.54, 1.807) is 6.92 Å². The SMILES string of the molecule is Cc1cc2c(cc1F)[nH]c(=S)n2-c1c(F)cc(Br)cc1F. The summed E-state index contributed by atoms with van der Waals surface area (Å²) < 4.78 is 43.5. The maximum atomic E-state index is 14.1. The minimum absolute atomic E-state index is 0.0927. The summed E-state index contributed by atoms with van der Waals surface area (Å²) in [6, 6.07) is 5.05. The number of nitrogens with one attached hydrogen (secondary N) is 1. The fraction of sp³-hybridized carbons (Fsp3) is 0.0714. The number of halogens is 4. The molecular formula is C14H8BrF3N2S. The fourth-order valence-corrected chi connectivity index (χ4v) is 2.90. The van der Waals surface area contributed by atoms with Gasteiger partial charge >= 0.3 is 0 Å². The molecule has 1 N–H and O–H groups in total. The number of aryl methyl sites for hydroxylation is 1. The van der Waals surface area contributed by atoms with Crippen LogP contribution in [0.2, 0.25) is 0 Å². The zero-order chi connectivity index (χ0) is 15.3. The van der Waals surface area contributed by atoms with Crippen LogP contribution in [0.4, 0.5) is 13.2 Å². The number of hydrogen-bond acceptors (Lipinski definition) is 1. The molecule has 7 heteroatoms. The van der Waals surface area contributed by atoms with Gasteiger partial charge in [0.2, 0.25) is 0 Å². The van der Waals surface area contributed by atoms with Gasteiger partial charge in [0.05, 0.1) is 11.0 Å². The second-order valence-corrected chi connectivity index (χ2v) is 5.90. The fourth-order valence-electron chi connectivity index (χ4n) is 2.20. The van der Waals surface area contributed by atoms with E-state index in [0.717, 1.165) is 12.1 Å². The van der Waals surface area contributed by atoms with E-state index in [1.807, 2.05) is 0 Å². The van der Waals surface area contributed by atoms with Crippen LogP contribution in [0.1, 0.15) is 5.56 Å². The standard InChI is InChI=1S/C14H8BrF3N2S/c1-6-2-12-11(5-8(6)16)19-14(21)20(12)13-9(17)3-7(15)4-10(13)18/h2-5H,1H3,(H,19,21). The van der Waals surface area contributed by atoms with Gasteiger partial charge in [-0.25, -0.2) is 13.2 Å². The number of nitrogens with zero attached hydrogens (tertiary/aromatic N) is 1. The first-order valence-electron chi connectivity index (χ1n) is 5.94. The average molecular weight is 373 g/mol. The average Bonchev–Trinajstić information content (AvgIpc) is 2.66. The highest BCUT2D eigenvalue weighted by atomic mass is 79.9. The molecule has 0 spiro atoms. The Morgan fingerprint density at radius 3 is 2.29 bits per heavy atom. The van der Waals surface area contributed by atoms with E-state index in [4.69, 9.17) is 12.2 Å². The molecule has 3 rings (SSSR count). The summed E-state index contributed by atoms with van der Waals surface area (Å²) in [6.07, 6.45) is 0. The van der Waals surface area contributed by atoms with Gasteiger partial charge in [0.25, 0.3) is 0 Å². The molecular weight excluding hydrogens is 365 g/mol. The maximum absolute atomic E-state index is 14.1. The highest BCUT2D eigenvalue weighted by Gasteiger charge is 2.17. The third kappa shape index (κ3) is 2.30. The molecule has 0 unspecified atom stereocenters. The molecule has 0 aliphatic heterocycles. The van der Waals surface area contributed by atoms with Crippen molar-refractivity contribution in [1.29, 1.82) is 0 Å². The number of aromatic nitrogens is 2. The van der Waals surface area contributed by atoms with Crippen molar-refractivity contribution in [2.24, 2.45) is 0 Å². The number of benzene rings is 2. The van der Waals surface area contributed by atoms with E-state index >= 15 is 0 Å². The van der Waals surface area contributed by atoms with Crippen molar-refractivity contribution in [3.05, 3.63) is 56.5 Å². The lowest BCUT2D eigenvalue weighted by Gasteiger charge is -2.09. The van der Waals surface area contributed by atoms with Crippen molar-refractivity contribution in [2.75, 3.05) is 0 Å². The van der Waals surface area contributed by atoms with Crippen molar-refractivity contribution in [3.8, 4) is 5.69 Å². The molecule has 2 nitrogen and oxygen atoms in total. The summed E-state index contributed by atoms with van der Waals surface area (Å²) in [4.78, 5) is 2.76. The number of imidazole rings is 1. The highest BCUT2D eigenvalue weighted by Crippen LogP contribution is 2.28. The number of H-pyrrole nitrogens is 1. The van der Waals surface area contributed by atoms with Crippen molar-refractivity contribution in [1.82, 2.24) is 9.55 Å². The third-order valence-electron chi connectivity index (χ3n) is 3.17. The largest absolute Gasteiger partial charge is 0.330 e. The van der Waals surface area contributed by atoms with E-state index in [0.29, 0.717) is 16.6 Å². The Labute approximate surface area is 131 Å². The van der Waals surface area contributed by atoms with Crippen LogP contribution in [0.5, 0.6) is 0 Å². The van der Waals surface area contributed by atoms with Crippen molar-refractivity contribution in [2.45, 2.75) is 6.92 Å². The van der Waals surface area contributed by atoms with E-state index in [1.165, 1.54) is 16.7 Å². The van der Waals surface area contributed by atoms with Gasteiger partial charge in [-0.1, -0.05) is 15.9 Å². The highest BCUT2D eigenvalue weighted by molar-refractivity contribution is 9.10. The summed E-state index contributed by atoms with van der Waals surface area (Å²) in [5.74, 6) is -1.94. The second-order valence-electron chi connectivity index (χ2n) is 4.60. The van der Waals surface area contributed by atoms with Gasteiger partial charge in [-0.2, -0.15) is 0 Å². The van der Waals surface area contributed by atoms with Crippen LogP contribution < -0.4 is 0 Å². The zero-order valence-corrected chi connectivity index (χ0v) is 13.1. The smallest absolute Gasteiger partial charge is 0.182 e. The predicted molar refractivity (Wildman–Crippen MR) is 80.8 cm³/mol. The molecule has 0 aliphatic carbocycles. The predicted octanol–water partition coefficient (Wildman–Crippen LogP) is 5.18. The van der Waals surface area contributed by atoms with E-state index in [-0.39, 0.29) is 14.9 Å². The van der Waals surface area contributed by atoms with Gasteiger partial charge in [0, 0.05) is 4.47 Å². The Bertz CT molecular complexity index is 907. The van der Waals surface area contributed by atoms with Crippen LogP contribution in [-0.4, -0.2) is 9.55 Å². The van der Waals surface area contributed by atoms with Gasteiger partial charge in [0.15, 0.2) is 16.4 Å². The molecule has 0 atom stereocenters.